The smallest absolute Gasteiger partial charge is 0.355 e. The summed E-state index contributed by atoms with van der Waals surface area (Å²) in [5.41, 5.74) is 6.83. The number of hydrogen-bond donors (Lipinski definition) is 2. The van der Waals surface area contributed by atoms with Crippen LogP contribution in [0.4, 0.5) is 5.69 Å². The van der Waals surface area contributed by atoms with E-state index >= 15 is 0 Å². The second-order valence-corrected chi connectivity index (χ2v) is 4.36. The van der Waals surface area contributed by atoms with E-state index in [0.29, 0.717) is 36.9 Å². The molecule has 17 heavy (non-hydrogen) atoms. The molecule has 3 N–H and O–H groups in total. The minimum Gasteiger partial charge on any atom is -0.461 e. The van der Waals surface area contributed by atoms with Gasteiger partial charge in [0.05, 0.1) is 12.3 Å². The maximum Gasteiger partial charge on any atom is 0.355 e. The molecule has 1 aliphatic rings. The summed E-state index contributed by atoms with van der Waals surface area (Å²) < 4.78 is 7.04. The van der Waals surface area contributed by atoms with Gasteiger partial charge >= 0.3 is 5.97 Å². The van der Waals surface area contributed by atoms with Crippen molar-refractivity contribution in [3.05, 3.63) is 18.0 Å². The van der Waals surface area contributed by atoms with Crippen LogP contribution in [-0.2, 0) is 4.74 Å². The summed E-state index contributed by atoms with van der Waals surface area (Å²) >= 11 is 0. The summed E-state index contributed by atoms with van der Waals surface area (Å²) in [6, 6.07) is 2.07. The molecular weight excluding hydrogens is 220 g/mol. The molecule has 0 amide bonds. The van der Waals surface area contributed by atoms with Crippen LogP contribution in [0.25, 0.3) is 0 Å². The number of aliphatic hydroxyl groups is 1. The van der Waals surface area contributed by atoms with Crippen LogP contribution in [0.1, 0.15) is 42.2 Å². The Labute approximate surface area is 100 Å². The molecule has 1 aliphatic carbocycles. The SMILES string of the molecule is Nc1cc(C(=O)OCCCCO)n(C2CC2)c1. The molecule has 2 rings (SSSR count). The van der Waals surface area contributed by atoms with E-state index in [4.69, 9.17) is 15.6 Å². The molecule has 0 radical (unpaired) electrons. The Morgan fingerprint density at radius 3 is 2.94 bits per heavy atom. The molecule has 0 aliphatic heterocycles. The van der Waals surface area contributed by atoms with E-state index in [1.165, 1.54) is 0 Å². The van der Waals surface area contributed by atoms with Gasteiger partial charge in [0.25, 0.3) is 0 Å². The van der Waals surface area contributed by atoms with E-state index < -0.39 is 0 Å². The number of nitrogens with two attached hydrogens (primary N) is 1. The Kier molecular flexibility index (Phi) is 3.68. The number of aromatic nitrogens is 1. The number of carbonyl (C=O) groups is 1. The largest absolute Gasteiger partial charge is 0.461 e. The van der Waals surface area contributed by atoms with Gasteiger partial charge in [-0.3, -0.25) is 0 Å². The minimum absolute atomic E-state index is 0.128. The van der Waals surface area contributed by atoms with Gasteiger partial charge in [-0.05, 0) is 31.7 Å². The summed E-state index contributed by atoms with van der Waals surface area (Å²) in [6.45, 7) is 0.470. The zero-order chi connectivity index (χ0) is 12.3. The lowest BCUT2D eigenvalue weighted by Gasteiger charge is -2.07. The highest BCUT2D eigenvalue weighted by atomic mass is 16.5. The summed E-state index contributed by atoms with van der Waals surface area (Å²) in [7, 11) is 0. The Morgan fingerprint density at radius 2 is 2.29 bits per heavy atom. The van der Waals surface area contributed by atoms with Gasteiger partial charge in [0.2, 0.25) is 0 Å². The molecule has 0 spiro atoms. The normalized spacial score (nSPS) is 14.9. The fourth-order valence-electron chi connectivity index (χ4n) is 1.77. The highest BCUT2D eigenvalue weighted by Crippen LogP contribution is 2.37. The molecule has 1 aromatic heterocycles. The molecule has 0 bridgehead atoms. The molecule has 0 aromatic carbocycles. The number of aliphatic hydroxyl groups excluding tert-OH is 1. The molecular formula is C12H18N2O3. The van der Waals surface area contributed by atoms with E-state index in [2.05, 4.69) is 0 Å². The fraction of sp³-hybridized carbons (Fsp3) is 0.583. The molecule has 94 valence electrons. The second kappa shape index (κ2) is 5.23. The van der Waals surface area contributed by atoms with Crippen molar-refractivity contribution < 1.29 is 14.6 Å². The van der Waals surface area contributed by atoms with Gasteiger partial charge in [-0.25, -0.2) is 4.79 Å². The molecule has 1 aromatic rings. The van der Waals surface area contributed by atoms with Gasteiger partial charge in [-0.1, -0.05) is 0 Å². The van der Waals surface area contributed by atoms with Crippen LogP contribution in [0.3, 0.4) is 0 Å². The van der Waals surface area contributed by atoms with Crippen LogP contribution in [0.5, 0.6) is 0 Å². The summed E-state index contributed by atoms with van der Waals surface area (Å²) in [5, 5.41) is 8.62. The molecule has 0 atom stereocenters. The van der Waals surface area contributed by atoms with E-state index in [1.54, 1.807) is 12.3 Å². The van der Waals surface area contributed by atoms with E-state index in [9.17, 15) is 4.79 Å². The van der Waals surface area contributed by atoms with Crippen molar-refractivity contribution in [3.8, 4) is 0 Å². The number of carbonyl (C=O) groups excluding carboxylic acids is 1. The van der Waals surface area contributed by atoms with Crippen molar-refractivity contribution in [1.82, 2.24) is 4.57 Å². The molecule has 1 fully saturated rings. The lowest BCUT2D eigenvalue weighted by molar-refractivity contribution is 0.0480. The molecule has 1 saturated carbocycles. The first-order chi connectivity index (χ1) is 8.22. The third-order valence-electron chi connectivity index (χ3n) is 2.80. The predicted molar refractivity (Wildman–Crippen MR) is 63.7 cm³/mol. The Hall–Kier alpha value is -1.49. The minimum atomic E-state index is -0.327. The number of esters is 1. The van der Waals surface area contributed by atoms with Crippen molar-refractivity contribution in [2.45, 2.75) is 31.7 Å². The van der Waals surface area contributed by atoms with Crippen LogP contribution in [0.2, 0.25) is 0 Å². The number of unbranched alkanes of at least 4 members (excludes halogenated alkanes) is 1. The second-order valence-electron chi connectivity index (χ2n) is 4.36. The Balaban J connectivity index is 1.93. The third kappa shape index (κ3) is 3.00. The Morgan fingerprint density at radius 1 is 1.53 bits per heavy atom. The first kappa shape index (κ1) is 12.0. The van der Waals surface area contributed by atoms with Crippen molar-refractivity contribution >= 4 is 11.7 Å². The van der Waals surface area contributed by atoms with Crippen molar-refractivity contribution in [1.29, 1.82) is 0 Å². The average Bonchev–Trinajstić information content (AvgIpc) is 3.08. The van der Waals surface area contributed by atoms with Gasteiger partial charge in [0, 0.05) is 18.8 Å². The summed E-state index contributed by atoms with van der Waals surface area (Å²) in [6.07, 6.45) is 5.32. The molecule has 0 saturated heterocycles. The van der Waals surface area contributed by atoms with Gasteiger partial charge in [0.15, 0.2) is 0 Å². The van der Waals surface area contributed by atoms with Crippen LogP contribution in [-0.4, -0.2) is 28.9 Å². The number of anilines is 1. The predicted octanol–water partition coefficient (Wildman–Crippen LogP) is 1.33. The summed E-state index contributed by atoms with van der Waals surface area (Å²) in [5.74, 6) is -0.327. The topological polar surface area (TPSA) is 77.5 Å². The quantitative estimate of drug-likeness (QED) is 0.579. The molecule has 1 heterocycles. The number of nitrogen functional groups attached to an aromatic ring is 1. The van der Waals surface area contributed by atoms with Crippen molar-refractivity contribution in [2.75, 3.05) is 18.9 Å². The van der Waals surface area contributed by atoms with Gasteiger partial charge in [0.1, 0.15) is 5.69 Å². The molecule has 5 heteroatoms. The first-order valence-corrected chi connectivity index (χ1v) is 5.97. The van der Waals surface area contributed by atoms with E-state index in [1.807, 2.05) is 4.57 Å². The molecule has 5 nitrogen and oxygen atoms in total. The van der Waals surface area contributed by atoms with Crippen molar-refractivity contribution in [2.24, 2.45) is 0 Å². The number of rotatable bonds is 6. The van der Waals surface area contributed by atoms with E-state index in [0.717, 1.165) is 12.8 Å². The van der Waals surface area contributed by atoms with Gasteiger partial charge < -0.3 is 20.1 Å². The molecule has 0 unspecified atom stereocenters. The average molecular weight is 238 g/mol. The standard InChI is InChI=1S/C12H18N2O3/c13-9-7-11(14(8-9)10-3-4-10)12(16)17-6-2-1-5-15/h7-8,10,15H,1-6,13H2. The summed E-state index contributed by atoms with van der Waals surface area (Å²) in [4.78, 5) is 11.8. The van der Waals surface area contributed by atoms with Crippen LogP contribution in [0.15, 0.2) is 12.3 Å². The van der Waals surface area contributed by atoms with Gasteiger partial charge in [-0.2, -0.15) is 0 Å². The highest BCUT2D eigenvalue weighted by molar-refractivity contribution is 5.89. The number of hydrogen-bond acceptors (Lipinski definition) is 4. The zero-order valence-electron chi connectivity index (χ0n) is 9.76. The lowest BCUT2D eigenvalue weighted by atomic mass is 10.3. The maximum absolute atomic E-state index is 11.8. The third-order valence-corrected chi connectivity index (χ3v) is 2.80. The lowest BCUT2D eigenvalue weighted by Crippen LogP contribution is -2.12. The van der Waals surface area contributed by atoms with Crippen molar-refractivity contribution in [3.63, 3.8) is 0 Å². The van der Waals surface area contributed by atoms with Gasteiger partial charge in [-0.15, -0.1) is 0 Å². The maximum atomic E-state index is 11.8. The van der Waals surface area contributed by atoms with E-state index in [-0.39, 0.29) is 12.6 Å². The monoisotopic (exact) mass is 238 g/mol. The number of nitrogens with zero attached hydrogens (tertiary/aromatic N) is 1. The first-order valence-electron chi connectivity index (χ1n) is 5.97. The van der Waals surface area contributed by atoms with Crippen LogP contribution in [0, 0.1) is 0 Å². The fourth-order valence-corrected chi connectivity index (χ4v) is 1.77. The number of ether oxygens (including phenoxy) is 1. The highest BCUT2D eigenvalue weighted by Gasteiger charge is 2.28. The Bertz CT molecular complexity index is 396. The van der Waals surface area contributed by atoms with Crippen LogP contribution < -0.4 is 5.73 Å². The zero-order valence-corrected chi connectivity index (χ0v) is 9.76. The van der Waals surface area contributed by atoms with Crippen LogP contribution >= 0.6 is 0 Å².